The highest BCUT2D eigenvalue weighted by atomic mass is 32.1. The molecule has 0 radical (unpaired) electrons. The van der Waals surface area contributed by atoms with Crippen LogP contribution < -0.4 is 10.2 Å². The van der Waals surface area contributed by atoms with E-state index in [1.807, 2.05) is 31.2 Å². The van der Waals surface area contributed by atoms with Gasteiger partial charge in [0.1, 0.15) is 5.00 Å². The summed E-state index contributed by atoms with van der Waals surface area (Å²) < 4.78 is 0. The van der Waals surface area contributed by atoms with Gasteiger partial charge in [0.25, 0.3) is 5.69 Å². The topological polar surface area (TPSA) is 95.8 Å². The summed E-state index contributed by atoms with van der Waals surface area (Å²) in [7, 11) is 0. The predicted molar refractivity (Wildman–Crippen MR) is 129 cm³/mol. The van der Waals surface area contributed by atoms with Gasteiger partial charge in [0.05, 0.1) is 17.0 Å². The molecule has 1 saturated heterocycles. The zero-order valence-corrected chi connectivity index (χ0v) is 19.0. The van der Waals surface area contributed by atoms with Crippen molar-refractivity contribution < 1.29 is 14.5 Å². The first kappa shape index (κ1) is 22.6. The van der Waals surface area contributed by atoms with Gasteiger partial charge in [-0.1, -0.05) is 30.3 Å². The van der Waals surface area contributed by atoms with Crippen molar-refractivity contribution >= 4 is 39.4 Å². The maximum absolute atomic E-state index is 12.9. The monoisotopic (exact) mass is 464 g/mol. The quantitative estimate of drug-likeness (QED) is 0.323. The van der Waals surface area contributed by atoms with Crippen molar-refractivity contribution in [3.05, 3.63) is 86.8 Å². The first-order valence-corrected chi connectivity index (χ1v) is 11.4. The van der Waals surface area contributed by atoms with Crippen molar-refractivity contribution in [1.29, 1.82) is 0 Å². The Morgan fingerprint density at radius 3 is 2.33 bits per heavy atom. The largest absolute Gasteiger partial charge is 0.369 e. The van der Waals surface area contributed by atoms with E-state index in [0.29, 0.717) is 29.2 Å². The predicted octanol–water partition coefficient (Wildman–Crippen LogP) is 3.96. The highest BCUT2D eigenvalue weighted by Crippen LogP contribution is 2.29. The lowest BCUT2D eigenvalue weighted by atomic mass is 10.1. The van der Waals surface area contributed by atoms with Crippen LogP contribution in [0.2, 0.25) is 0 Å². The van der Waals surface area contributed by atoms with Crippen LogP contribution >= 0.6 is 11.3 Å². The molecular formula is C24H24N4O4S. The van der Waals surface area contributed by atoms with Crippen LogP contribution in [0.15, 0.2) is 60.7 Å². The minimum Gasteiger partial charge on any atom is -0.369 e. The molecule has 0 atom stereocenters. The molecule has 1 fully saturated rings. The number of hydrogen-bond acceptors (Lipinski definition) is 7. The average molecular weight is 465 g/mol. The van der Waals surface area contributed by atoms with Crippen LogP contribution in [0, 0.1) is 17.0 Å². The standard InChI is InChI=1S/C24H24N4O4S/c1-17-15-21(23(30)18-5-3-2-4-6-18)24(33-17)25-22(29)16-26-11-13-27(14-12-26)19-7-9-20(10-8-19)28(31)32/h2-10,15H,11-14,16H2,1H3,(H,25,29). The number of rotatable bonds is 7. The number of nitrogens with one attached hydrogen (secondary N) is 1. The first-order chi connectivity index (χ1) is 15.9. The number of nitro benzene ring substituents is 1. The molecule has 0 saturated carbocycles. The van der Waals surface area contributed by atoms with E-state index in [-0.39, 0.29) is 23.9 Å². The number of benzene rings is 2. The lowest BCUT2D eigenvalue weighted by molar-refractivity contribution is -0.384. The normalized spacial score (nSPS) is 14.2. The molecule has 3 aromatic rings. The van der Waals surface area contributed by atoms with Crippen LogP contribution in [0.5, 0.6) is 0 Å². The van der Waals surface area contributed by atoms with E-state index in [1.54, 1.807) is 24.3 Å². The minimum absolute atomic E-state index is 0.0722. The number of carbonyl (C=O) groups is 2. The van der Waals surface area contributed by atoms with Crippen LogP contribution in [0.4, 0.5) is 16.4 Å². The van der Waals surface area contributed by atoms with Crippen molar-refractivity contribution in [2.75, 3.05) is 42.9 Å². The number of ketones is 1. The van der Waals surface area contributed by atoms with E-state index in [2.05, 4.69) is 15.1 Å². The summed E-state index contributed by atoms with van der Waals surface area (Å²) in [6.07, 6.45) is 0. The van der Waals surface area contributed by atoms with Gasteiger partial charge in [0, 0.05) is 54.4 Å². The molecule has 2 aromatic carbocycles. The highest BCUT2D eigenvalue weighted by molar-refractivity contribution is 7.16. The summed E-state index contributed by atoms with van der Waals surface area (Å²) in [6.45, 7) is 5.00. The fourth-order valence-electron chi connectivity index (χ4n) is 3.84. The van der Waals surface area contributed by atoms with Gasteiger partial charge in [-0.2, -0.15) is 0 Å². The van der Waals surface area contributed by atoms with Gasteiger partial charge in [0.15, 0.2) is 5.78 Å². The molecule has 1 aliphatic rings. The Labute approximate surface area is 195 Å². The molecule has 9 heteroatoms. The van der Waals surface area contributed by atoms with Gasteiger partial charge < -0.3 is 10.2 Å². The maximum Gasteiger partial charge on any atom is 0.269 e. The Kier molecular flexibility index (Phi) is 6.81. The van der Waals surface area contributed by atoms with Crippen LogP contribution in [-0.2, 0) is 4.79 Å². The maximum atomic E-state index is 12.9. The van der Waals surface area contributed by atoms with E-state index < -0.39 is 4.92 Å². The molecule has 0 spiro atoms. The molecule has 4 rings (SSSR count). The lowest BCUT2D eigenvalue weighted by Gasteiger charge is -2.35. The number of carbonyl (C=O) groups excluding carboxylic acids is 2. The Morgan fingerprint density at radius 2 is 1.70 bits per heavy atom. The molecule has 33 heavy (non-hydrogen) atoms. The molecule has 1 aromatic heterocycles. The van der Waals surface area contributed by atoms with Gasteiger partial charge in [-0.15, -0.1) is 11.3 Å². The second kappa shape index (κ2) is 9.93. The molecule has 170 valence electrons. The van der Waals surface area contributed by atoms with Crippen molar-refractivity contribution in [1.82, 2.24) is 4.90 Å². The van der Waals surface area contributed by atoms with Gasteiger partial charge in [0.2, 0.25) is 5.91 Å². The zero-order valence-electron chi connectivity index (χ0n) is 18.2. The third-order valence-electron chi connectivity index (χ3n) is 5.55. The molecule has 1 N–H and O–H groups in total. The molecule has 0 bridgehead atoms. The Bertz CT molecular complexity index is 1150. The van der Waals surface area contributed by atoms with Gasteiger partial charge in [-0.25, -0.2) is 0 Å². The zero-order chi connectivity index (χ0) is 23.4. The average Bonchev–Trinajstić information content (AvgIpc) is 3.19. The fourth-order valence-corrected chi connectivity index (χ4v) is 4.76. The SMILES string of the molecule is Cc1cc(C(=O)c2ccccc2)c(NC(=O)CN2CCN(c3ccc([N+](=O)[O-])cc3)CC2)s1. The number of nitrogens with zero attached hydrogens (tertiary/aromatic N) is 3. The number of anilines is 2. The number of piperazine rings is 1. The number of nitro groups is 1. The van der Waals surface area contributed by atoms with E-state index in [4.69, 9.17) is 0 Å². The molecule has 0 aliphatic carbocycles. The number of aryl methyl sites for hydroxylation is 1. The summed E-state index contributed by atoms with van der Waals surface area (Å²) in [5, 5.41) is 14.3. The lowest BCUT2D eigenvalue weighted by Crippen LogP contribution is -2.48. The Balaban J connectivity index is 1.33. The number of thiophene rings is 1. The van der Waals surface area contributed by atoms with Crippen LogP contribution in [0.25, 0.3) is 0 Å². The van der Waals surface area contributed by atoms with E-state index in [9.17, 15) is 19.7 Å². The first-order valence-electron chi connectivity index (χ1n) is 10.6. The summed E-state index contributed by atoms with van der Waals surface area (Å²) in [4.78, 5) is 41.2. The molecule has 1 aliphatic heterocycles. The van der Waals surface area contributed by atoms with Crippen molar-refractivity contribution in [2.24, 2.45) is 0 Å². The smallest absolute Gasteiger partial charge is 0.269 e. The fraction of sp³-hybridized carbons (Fsp3) is 0.250. The molecule has 1 amide bonds. The third kappa shape index (κ3) is 5.44. The van der Waals surface area contributed by atoms with Crippen LogP contribution in [0.1, 0.15) is 20.8 Å². The molecule has 0 unspecified atom stereocenters. The number of non-ortho nitro benzene ring substituents is 1. The Morgan fingerprint density at radius 1 is 1.03 bits per heavy atom. The summed E-state index contributed by atoms with van der Waals surface area (Å²) >= 11 is 1.40. The van der Waals surface area contributed by atoms with E-state index >= 15 is 0 Å². The third-order valence-corrected chi connectivity index (χ3v) is 6.52. The van der Waals surface area contributed by atoms with Gasteiger partial charge in [-0.05, 0) is 25.1 Å². The molecule has 8 nitrogen and oxygen atoms in total. The van der Waals surface area contributed by atoms with Gasteiger partial charge in [-0.3, -0.25) is 24.6 Å². The highest BCUT2D eigenvalue weighted by Gasteiger charge is 2.22. The van der Waals surface area contributed by atoms with Crippen molar-refractivity contribution in [2.45, 2.75) is 6.92 Å². The second-order valence-electron chi connectivity index (χ2n) is 7.88. The van der Waals surface area contributed by atoms with Crippen LogP contribution in [-0.4, -0.2) is 54.2 Å². The van der Waals surface area contributed by atoms with Crippen molar-refractivity contribution in [3.63, 3.8) is 0 Å². The van der Waals surface area contributed by atoms with E-state index in [0.717, 1.165) is 23.7 Å². The summed E-state index contributed by atoms with van der Waals surface area (Å²) in [5.41, 5.74) is 2.11. The molecule has 2 heterocycles. The van der Waals surface area contributed by atoms with E-state index in [1.165, 1.54) is 23.5 Å². The number of amides is 1. The van der Waals surface area contributed by atoms with Crippen LogP contribution in [0.3, 0.4) is 0 Å². The second-order valence-corrected chi connectivity index (χ2v) is 9.14. The Hall–Kier alpha value is -3.56. The van der Waals surface area contributed by atoms with Gasteiger partial charge >= 0.3 is 0 Å². The number of hydrogen-bond donors (Lipinski definition) is 1. The van der Waals surface area contributed by atoms with Crippen molar-refractivity contribution in [3.8, 4) is 0 Å². The summed E-state index contributed by atoms with van der Waals surface area (Å²) in [5.74, 6) is -0.255. The molecular weight excluding hydrogens is 440 g/mol. The summed E-state index contributed by atoms with van der Waals surface area (Å²) in [6, 6.07) is 17.4. The minimum atomic E-state index is -0.408.